The molecule has 1 aromatic heterocycles. The molecule has 2 rings (SSSR count). The maximum absolute atomic E-state index is 10.8. The van der Waals surface area contributed by atoms with Gasteiger partial charge in [0.15, 0.2) is 5.69 Å². The minimum Gasteiger partial charge on any atom is -0.472 e. The summed E-state index contributed by atoms with van der Waals surface area (Å²) >= 11 is 1.30. The van der Waals surface area contributed by atoms with Gasteiger partial charge in [-0.3, -0.25) is 0 Å². The Hall–Kier alpha value is -2.30. The molecule has 0 aliphatic heterocycles. The second kappa shape index (κ2) is 4.69. The van der Waals surface area contributed by atoms with Gasteiger partial charge in [-0.1, -0.05) is 30.3 Å². The number of carbonyl (C=O) groups is 1. The molecule has 0 amide bonds. The van der Waals surface area contributed by atoms with Gasteiger partial charge in [0.25, 0.3) is 0 Å². The Labute approximate surface area is 101 Å². The molecule has 0 radical (unpaired) electrons. The first kappa shape index (κ1) is 11.2. The molecule has 0 aliphatic carbocycles. The van der Waals surface area contributed by atoms with E-state index in [1.807, 2.05) is 30.3 Å². The van der Waals surface area contributed by atoms with Gasteiger partial charge >= 0.3 is 11.7 Å². The zero-order valence-electron chi connectivity index (χ0n) is 8.57. The molecule has 0 fully saturated rings. The van der Waals surface area contributed by atoms with Crippen molar-refractivity contribution >= 4 is 23.0 Å². The van der Waals surface area contributed by atoms with Crippen LogP contribution in [0.15, 0.2) is 35.7 Å². The van der Waals surface area contributed by atoms with Gasteiger partial charge in [0, 0.05) is 10.9 Å². The predicted molar refractivity (Wildman–Crippen MR) is 62.9 cm³/mol. The van der Waals surface area contributed by atoms with E-state index in [1.165, 1.54) is 11.3 Å². The summed E-state index contributed by atoms with van der Waals surface area (Å²) < 4.78 is 0. The molecule has 0 saturated carbocycles. The summed E-state index contributed by atoms with van der Waals surface area (Å²) in [6, 6.07) is 9.37. The van der Waals surface area contributed by atoms with Crippen molar-refractivity contribution < 1.29 is 14.7 Å². The van der Waals surface area contributed by atoms with Gasteiger partial charge in [-0.15, -0.1) is 11.3 Å². The molecular weight excluding hydrogens is 238 g/mol. The number of thiazole rings is 1. The topological polar surface area (TPSA) is 86.6 Å². The summed E-state index contributed by atoms with van der Waals surface area (Å²) in [6.45, 7) is 0. The van der Waals surface area contributed by atoms with Gasteiger partial charge in [0.2, 0.25) is 0 Å². The van der Waals surface area contributed by atoms with Gasteiger partial charge in [-0.25, -0.2) is 9.78 Å². The van der Waals surface area contributed by atoms with Gasteiger partial charge in [0.1, 0.15) is 5.01 Å². The molecule has 84 valence electrons. The zero-order chi connectivity index (χ0) is 12.3. The summed E-state index contributed by atoms with van der Waals surface area (Å²) in [5, 5.41) is 11.0. The van der Waals surface area contributed by atoms with E-state index in [2.05, 4.69) is 9.77 Å². The number of nitrogens with zero attached hydrogens (tertiary/aromatic N) is 3. The Bertz CT molecular complexity index is 600. The molecule has 1 aromatic carbocycles. The van der Waals surface area contributed by atoms with E-state index in [1.54, 1.807) is 5.38 Å². The minimum atomic E-state index is -1.31. The Morgan fingerprint density at radius 3 is 2.65 bits per heavy atom. The van der Waals surface area contributed by atoms with Gasteiger partial charge in [-0.05, 0) is 0 Å². The number of rotatable bonds is 3. The highest BCUT2D eigenvalue weighted by Crippen LogP contribution is 2.23. The second-order valence-electron chi connectivity index (χ2n) is 3.16. The molecular formula is C11H7N3O2S. The highest BCUT2D eigenvalue weighted by Gasteiger charge is 2.24. The lowest BCUT2D eigenvalue weighted by Gasteiger charge is -1.92. The first-order valence-electron chi connectivity index (χ1n) is 4.69. The molecule has 0 spiro atoms. The lowest BCUT2D eigenvalue weighted by molar-refractivity contribution is -0.133. The predicted octanol–water partition coefficient (Wildman–Crippen LogP) is 1.91. The third-order valence-electron chi connectivity index (χ3n) is 2.07. The zero-order valence-corrected chi connectivity index (χ0v) is 9.39. The van der Waals surface area contributed by atoms with Crippen LogP contribution in [0.3, 0.4) is 0 Å². The lowest BCUT2D eigenvalue weighted by atomic mass is 10.2. The maximum Gasteiger partial charge on any atom is 0.425 e. The maximum atomic E-state index is 10.8. The fourth-order valence-corrected chi connectivity index (χ4v) is 2.11. The van der Waals surface area contributed by atoms with Crippen LogP contribution in [0.25, 0.3) is 16.1 Å². The molecule has 6 heteroatoms. The Morgan fingerprint density at radius 1 is 1.35 bits per heavy atom. The van der Waals surface area contributed by atoms with Crippen molar-refractivity contribution in [3.63, 3.8) is 0 Å². The number of aromatic nitrogens is 1. The number of hydrogen-bond donors (Lipinski definition) is 1. The fourth-order valence-electron chi connectivity index (χ4n) is 1.30. The first-order valence-corrected chi connectivity index (χ1v) is 5.57. The normalized spacial score (nSPS) is 9.65. The SMILES string of the molecule is [N-]=[N+]=C(C(=O)O)c1csc(-c2ccccc2)n1. The van der Waals surface area contributed by atoms with Crippen molar-refractivity contribution in [2.75, 3.05) is 0 Å². The lowest BCUT2D eigenvalue weighted by Crippen LogP contribution is -2.15. The van der Waals surface area contributed by atoms with Crippen LogP contribution in [0, 0.1) is 0 Å². The Morgan fingerprint density at radius 2 is 2.06 bits per heavy atom. The van der Waals surface area contributed by atoms with E-state index in [4.69, 9.17) is 10.6 Å². The molecule has 0 unspecified atom stereocenters. The quantitative estimate of drug-likeness (QED) is 0.509. The molecule has 2 aromatic rings. The van der Waals surface area contributed by atoms with Crippen LogP contribution in [0.5, 0.6) is 0 Å². The van der Waals surface area contributed by atoms with Crippen LogP contribution in [-0.2, 0) is 4.79 Å². The monoisotopic (exact) mass is 245 g/mol. The van der Waals surface area contributed by atoms with Crippen LogP contribution in [-0.4, -0.2) is 26.6 Å². The summed E-state index contributed by atoms with van der Waals surface area (Å²) in [5.41, 5.74) is 9.20. The largest absolute Gasteiger partial charge is 0.472 e. The summed E-state index contributed by atoms with van der Waals surface area (Å²) in [6.07, 6.45) is 0. The number of hydrogen-bond acceptors (Lipinski definition) is 3. The second-order valence-corrected chi connectivity index (χ2v) is 4.02. The van der Waals surface area contributed by atoms with Crippen molar-refractivity contribution in [3.05, 3.63) is 46.9 Å². The van der Waals surface area contributed by atoms with Crippen molar-refractivity contribution in [2.24, 2.45) is 0 Å². The molecule has 5 nitrogen and oxygen atoms in total. The van der Waals surface area contributed by atoms with Crippen molar-refractivity contribution in [2.45, 2.75) is 0 Å². The Kier molecular flexibility index (Phi) is 3.09. The average molecular weight is 245 g/mol. The number of carboxylic acids is 1. The van der Waals surface area contributed by atoms with Crippen LogP contribution in [0.4, 0.5) is 0 Å². The number of benzene rings is 1. The fraction of sp³-hybridized carbons (Fsp3) is 0. The minimum absolute atomic E-state index is 0.156. The third kappa shape index (κ3) is 2.28. The summed E-state index contributed by atoms with van der Waals surface area (Å²) in [4.78, 5) is 17.6. The number of aliphatic carboxylic acids is 1. The van der Waals surface area contributed by atoms with E-state index in [-0.39, 0.29) is 5.69 Å². The van der Waals surface area contributed by atoms with Crippen molar-refractivity contribution in [1.82, 2.24) is 4.98 Å². The van der Waals surface area contributed by atoms with Gasteiger partial charge < -0.3 is 10.6 Å². The molecule has 17 heavy (non-hydrogen) atoms. The van der Waals surface area contributed by atoms with E-state index in [0.717, 1.165) is 5.56 Å². The standard InChI is InChI=1S/C11H7N3O2S/c12-14-9(11(15)16)8-6-17-10(13-8)7-4-2-1-3-5-7/h1-6H,(H,15,16). The first-order chi connectivity index (χ1) is 8.22. The average Bonchev–Trinajstić information content (AvgIpc) is 2.80. The summed E-state index contributed by atoms with van der Waals surface area (Å²) in [7, 11) is 0. The highest BCUT2D eigenvalue weighted by atomic mass is 32.1. The van der Waals surface area contributed by atoms with E-state index < -0.39 is 11.7 Å². The molecule has 1 N–H and O–H groups in total. The van der Waals surface area contributed by atoms with E-state index >= 15 is 0 Å². The molecule has 0 aliphatic rings. The smallest absolute Gasteiger partial charge is 0.425 e. The van der Waals surface area contributed by atoms with E-state index in [9.17, 15) is 4.79 Å². The number of carboxylic acid groups (broad SMARTS) is 1. The van der Waals surface area contributed by atoms with Gasteiger partial charge in [-0.2, -0.15) is 4.79 Å². The molecule has 0 atom stereocenters. The van der Waals surface area contributed by atoms with Crippen LogP contribution < -0.4 is 0 Å². The van der Waals surface area contributed by atoms with Crippen LogP contribution in [0.1, 0.15) is 5.69 Å². The molecule has 0 bridgehead atoms. The van der Waals surface area contributed by atoms with Gasteiger partial charge in [0.05, 0.1) is 0 Å². The van der Waals surface area contributed by atoms with E-state index in [0.29, 0.717) is 5.01 Å². The van der Waals surface area contributed by atoms with Crippen LogP contribution in [0.2, 0.25) is 0 Å². The van der Waals surface area contributed by atoms with Crippen LogP contribution >= 0.6 is 11.3 Å². The highest BCUT2D eigenvalue weighted by molar-refractivity contribution is 7.13. The van der Waals surface area contributed by atoms with Crippen molar-refractivity contribution in [3.8, 4) is 10.6 Å². The molecule has 0 saturated heterocycles. The van der Waals surface area contributed by atoms with Crippen molar-refractivity contribution in [1.29, 1.82) is 0 Å². The Balaban J connectivity index is 2.41. The summed E-state index contributed by atoms with van der Waals surface area (Å²) in [5.74, 6) is -1.31. The third-order valence-corrected chi connectivity index (χ3v) is 2.96. The molecule has 1 heterocycles.